The van der Waals surface area contributed by atoms with E-state index in [4.69, 9.17) is 11.6 Å². The second-order valence-electron chi connectivity index (χ2n) is 5.27. The highest BCUT2D eigenvalue weighted by molar-refractivity contribution is 14.0. The molecular formula is C13H21ClIN3S. The van der Waals surface area contributed by atoms with Gasteiger partial charge in [-0.15, -0.1) is 35.3 Å². The minimum absolute atomic E-state index is 0. The first kappa shape index (κ1) is 17.0. The van der Waals surface area contributed by atoms with Crippen molar-refractivity contribution in [3.63, 3.8) is 0 Å². The predicted molar refractivity (Wildman–Crippen MR) is 94.9 cm³/mol. The third-order valence-corrected chi connectivity index (χ3v) is 4.59. The summed E-state index contributed by atoms with van der Waals surface area (Å²) in [6.07, 6.45) is 2.64. The van der Waals surface area contributed by atoms with Crippen LogP contribution in [0, 0.1) is 5.41 Å². The molecule has 0 spiro atoms. The summed E-state index contributed by atoms with van der Waals surface area (Å²) in [5, 5.41) is 3.45. The molecule has 1 aliphatic rings. The summed E-state index contributed by atoms with van der Waals surface area (Å²) >= 11 is 7.56. The average molecular weight is 414 g/mol. The summed E-state index contributed by atoms with van der Waals surface area (Å²) < 4.78 is 0.840. The van der Waals surface area contributed by atoms with Crippen LogP contribution in [0.2, 0.25) is 4.34 Å². The van der Waals surface area contributed by atoms with E-state index in [-0.39, 0.29) is 24.0 Å². The van der Waals surface area contributed by atoms with Gasteiger partial charge in [0.2, 0.25) is 0 Å². The molecule has 1 aromatic heterocycles. The van der Waals surface area contributed by atoms with Crippen molar-refractivity contribution in [1.29, 1.82) is 0 Å². The first-order chi connectivity index (χ1) is 8.52. The summed E-state index contributed by atoms with van der Waals surface area (Å²) in [6, 6.07) is 4.01. The van der Waals surface area contributed by atoms with Gasteiger partial charge in [0.15, 0.2) is 5.96 Å². The Labute approximate surface area is 141 Å². The second kappa shape index (κ2) is 7.13. The lowest BCUT2D eigenvalue weighted by atomic mass is 10.1. The number of hydrogen-bond acceptors (Lipinski definition) is 2. The third-order valence-electron chi connectivity index (χ3n) is 3.37. The van der Waals surface area contributed by atoms with Gasteiger partial charge in [0.1, 0.15) is 0 Å². The molecule has 2 rings (SSSR count). The molecule has 1 saturated carbocycles. The molecule has 6 heteroatoms. The Hall–Kier alpha value is -0.0100. The smallest absolute Gasteiger partial charge is 0.193 e. The first-order valence-corrected chi connectivity index (χ1v) is 7.38. The molecule has 0 amide bonds. The quantitative estimate of drug-likeness (QED) is 0.461. The van der Waals surface area contributed by atoms with Crippen molar-refractivity contribution in [2.45, 2.75) is 26.3 Å². The van der Waals surface area contributed by atoms with Crippen molar-refractivity contribution in [3.05, 3.63) is 21.3 Å². The Morgan fingerprint density at radius 1 is 1.53 bits per heavy atom. The zero-order valence-electron chi connectivity index (χ0n) is 11.6. The Morgan fingerprint density at radius 2 is 2.21 bits per heavy atom. The largest absolute Gasteiger partial charge is 0.356 e. The summed E-state index contributed by atoms with van der Waals surface area (Å²) in [5.41, 5.74) is 0.489. The molecule has 0 aliphatic heterocycles. The van der Waals surface area contributed by atoms with Gasteiger partial charge < -0.3 is 10.2 Å². The summed E-state index contributed by atoms with van der Waals surface area (Å²) in [5.74, 6) is 0.952. The van der Waals surface area contributed by atoms with Gasteiger partial charge in [-0.2, -0.15) is 0 Å². The molecule has 108 valence electrons. The summed E-state index contributed by atoms with van der Waals surface area (Å²) in [4.78, 5) is 7.71. The molecule has 19 heavy (non-hydrogen) atoms. The molecule has 1 aliphatic carbocycles. The Kier molecular flexibility index (Phi) is 6.39. The van der Waals surface area contributed by atoms with Crippen LogP contribution in [-0.4, -0.2) is 31.5 Å². The average Bonchev–Trinajstić information content (AvgIpc) is 2.92. The highest BCUT2D eigenvalue weighted by Gasteiger charge is 2.37. The number of hydrogen-bond donors (Lipinski definition) is 1. The third kappa shape index (κ3) is 5.11. The normalized spacial score (nSPS) is 16.7. The first-order valence-electron chi connectivity index (χ1n) is 6.18. The van der Waals surface area contributed by atoms with E-state index in [9.17, 15) is 0 Å². The van der Waals surface area contributed by atoms with Crippen LogP contribution in [0.5, 0.6) is 0 Å². The van der Waals surface area contributed by atoms with E-state index in [2.05, 4.69) is 35.2 Å². The van der Waals surface area contributed by atoms with Gasteiger partial charge in [-0.25, -0.2) is 0 Å². The summed E-state index contributed by atoms with van der Waals surface area (Å²) in [6.45, 7) is 4.16. The van der Waals surface area contributed by atoms with Crippen LogP contribution in [0.3, 0.4) is 0 Å². The van der Waals surface area contributed by atoms with Crippen molar-refractivity contribution >= 4 is 52.9 Å². The molecular weight excluding hydrogens is 393 g/mol. The molecule has 1 fully saturated rings. The molecule has 1 N–H and O–H groups in total. The fourth-order valence-corrected chi connectivity index (χ4v) is 2.95. The lowest BCUT2D eigenvalue weighted by molar-refractivity contribution is 0.461. The monoisotopic (exact) mass is 413 g/mol. The van der Waals surface area contributed by atoms with Crippen LogP contribution in [0.4, 0.5) is 0 Å². The molecule has 0 saturated heterocycles. The highest BCUT2D eigenvalue weighted by Crippen LogP contribution is 2.44. The Morgan fingerprint density at radius 3 is 2.68 bits per heavy atom. The Balaban J connectivity index is 0.00000180. The molecule has 0 bridgehead atoms. The lowest BCUT2D eigenvalue weighted by Crippen LogP contribution is -2.40. The van der Waals surface area contributed by atoms with Crippen LogP contribution >= 0.6 is 46.9 Å². The molecule has 0 aromatic carbocycles. The van der Waals surface area contributed by atoms with E-state index in [0.29, 0.717) is 5.41 Å². The number of aliphatic imine (C=N–C) groups is 1. The molecule has 3 nitrogen and oxygen atoms in total. The van der Waals surface area contributed by atoms with E-state index >= 15 is 0 Å². The van der Waals surface area contributed by atoms with Gasteiger partial charge in [-0.3, -0.25) is 4.99 Å². The molecule has 1 aromatic rings. The van der Waals surface area contributed by atoms with Crippen molar-refractivity contribution in [2.24, 2.45) is 10.4 Å². The standard InChI is InChI=1S/C13H20ClN3S.HI/c1-13(6-7-13)9-16-12(15-2)17(3)8-10-4-5-11(14)18-10;/h4-5H,6-9H2,1-3H3,(H,15,16);1H. The van der Waals surface area contributed by atoms with Gasteiger partial charge in [0.05, 0.1) is 10.9 Å². The van der Waals surface area contributed by atoms with E-state index < -0.39 is 0 Å². The number of halogens is 2. The van der Waals surface area contributed by atoms with Crippen molar-refractivity contribution in [3.8, 4) is 0 Å². The van der Waals surface area contributed by atoms with Crippen LogP contribution in [0.15, 0.2) is 17.1 Å². The van der Waals surface area contributed by atoms with Gasteiger partial charge in [0.25, 0.3) is 0 Å². The van der Waals surface area contributed by atoms with Gasteiger partial charge in [-0.05, 0) is 30.4 Å². The molecule has 0 atom stereocenters. The number of nitrogens with one attached hydrogen (secondary N) is 1. The molecule has 1 heterocycles. The minimum Gasteiger partial charge on any atom is -0.356 e. The van der Waals surface area contributed by atoms with E-state index in [0.717, 1.165) is 23.4 Å². The SMILES string of the molecule is CN=C(NCC1(C)CC1)N(C)Cc1ccc(Cl)s1.I. The molecule has 0 radical (unpaired) electrons. The number of nitrogens with zero attached hydrogens (tertiary/aromatic N) is 2. The fourth-order valence-electron chi connectivity index (χ4n) is 1.81. The minimum atomic E-state index is 0. The van der Waals surface area contributed by atoms with Crippen LogP contribution in [0.1, 0.15) is 24.6 Å². The fraction of sp³-hybridized carbons (Fsp3) is 0.615. The van der Waals surface area contributed by atoms with Crippen molar-refractivity contribution in [1.82, 2.24) is 10.2 Å². The maximum absolute atomic E-state index is 5.94. The number of thiophene rings is 1. The maximum Gasteiger partial charge on any atom is 0.193 e. The Bertz CT molecular complexity index is 443. The van der Waals surface area contributed by atoms with Gasteiger partial charge in [0, 0.05) is 25.5 Å². The zero-order chi connectivity index (χ0) is 13.2. The number of guanidine groups is 1. The highest BCUT2D eigenvalue weighted by atomic mass is 127. The maximum atomic E-state index is 5.94. The van der Waals surface area contributed by atoms with Crippen LogP contribution < -0.4 is 5.32 Å². The summed E-state index contributed by atoms with van der Waals surface area (Å²) in [7, 11) is 3.88. The second-order valence-corrected chi connectivity index (χ2v) is 7.07. The van der Waals surface area contributed by atoms with Crippen molar-refractivity contribution in [2.75, 3.05) is 20.6 Å². The van der Waals surface area contributed by atoms with Crippen LogP contribution in [-0.2, 0) is 6.54 Å². The van der Waals surface area contributed by atoms with Gasteiger partial charge in [-0.1, -0.05) is 18.5 Å². The molecule has 0 unspecified atom stereocenters. The van der Waals surface area contributed by atoms with Crippen molar-refractivity contribution < 1.29 is 0 Å². The predicted octanol–water partition coefficient (Wildman–Crippen LogP) is 3.83. The van der Waals surface area contributed by atoms with E-state index in [1.54, 1.807) is 11.3 Å². The zero-order valence-corrected chi connectivity index (χ0v) is 15.5. The van der Waals surface area contributed by atoms with Crippen LogP contribution in [0.25, 0.3) is 0 Å². The number of rotatable bonds is 4. The topological polar surface area (TPSA) is 27.6 Å². The lowest BCUT2D eigenvalue weighted by Gasteiger charge is -2.22. The van der Waals surface area contributed by atoms with E-state index in [1.165, 1.54) is 17.7 Å². The van der Waals surface area contributed by atoms with Gasteiger partial charge >= 0.3 is 0 Å². The van der Waals surface area contributed by atoms with E-state index in [1.807, 2.05) is 13.1 Å².